The van der Waals surface area contributed by atoms with Gasteiger partial charge in [0.05, 0.1) is 19.2 Å². The number of imidazole rings is 1. The second-order valence-corrected chi connectivity index (χ2v) is 12.3. The molecular formula is C20H20N4S4. The minimum atomic E-state index is 0.289. The maximum absolute atomic E-state index is 4.61. The lowest BCUT2D eigenvalue weighted by atomic mass is 10.2. The Balaban J connectivity index is 1.14. The van der Waals surface area contributed by atoms with Crippen LogP contribution in [0.4, 0.5) is 0 Å². The monoisotopic (exact) mass is 444 g/mol. The minimum Gasteiger partial charge on any atom is -0.356 e. The second-order valence-electron chi connectivity index (χ2n) is 6.32. The lowest BCUT2D eigenvalue weighted by Crippen LogP contribution is -2.21. The molecule has 0 radical (unpaired) electrons. The zero-order valence-corrected chi connectivity index (χ0v) is 18.4. The Hall–Kier alpha value is -1.48. The van der Waals surface area contributed by atoms with Crippen molar-refractivity contribution in [3.05, 3.63) is 84.3 Å². The predicted octanol–water partition coefficient (Wildman–Crippen LogP) is 5.84. The van der Waals surface area contributed by atoms with Crippen LogP contribution in [0.5, 0.6) is 0 Å². The van der Waals surface area contributed by atoms with Crippen LogP contribution in [-0.4, -0.2) is 32.7 Å². The first-order chi connectivity index (χ1) is 13.8. The third-order valence-corrected chi connectivity index (χ3v) is 10.3. The third-order valence-electron chi connectivity index (χ3n) is 4.13. The van der Waals surface area contributed by atoms with E-state index in [4.69, 9.17) is 0 Å². The summed E-state index contributed by atoms with van der Waals surface area (Å²) in [4.78, 5) is 11.4. The van der Waals surface area contributed by atoms with Crippen molar-refractivity contribution in [2.75, 3.05) is 6.54 Å². The first-order valence-corrected chi connectivity index (χ1v) is 13.8. The predicted molar refractivity (Wildman–Crippen MR) is 126 cm³/mol. The summed E-state index contributed by atoms with van der Waals surface area (Å²) in [7, 11) is 7.03. The first-order valence-electron chi connectivity index (χ1n) is 8.89. The molecule has 0 saturated carbocycles. The summed E-state index contributed by atoms with van der Waals surface area (Å²) in [6.07, 6.45) is 5.98. The average Bonchev–Trinajstić information content (AvgIpc) is 3.36. The van der Waals surface area contributed by atoms with Gasteiger partial charge in [-0.2, -0.15) is 0 Å². The number of aromatic nitrogens is 2. The molecule has 0 N–H and O–H groups in total. The van der Waals surface area contributed by atoms with Crippen molar-refractivity contribution in [1.82, 2.24) is 14.5 Å². The summed E-state index contributed by atoms with van der Waals surface area (Å²) in [6, 6.07) is 21.0. The summed E-state index contributed by atoms with van der Waals surface area (Å²) in [6.45, 7) is 2.74. The van der Waals surface area contributed by atoms with Gasteiger partial charge in [0, 0.05) is 19.3 Å². The largest absolute Gasteiger partial charge is 0.356 e. The van der Waals surface area contributed by atoms with Crippen molar-refractivity contribution < 1.29 is 0 Å². The highest BCUT2D eigenvalue weighted by Gasteiger charge is 2.18. The van der Waals surface area contributed by atoms with Gasteiger partial charge in [0.2, 0.25) is 0 Å². The smallest absolute Gasteiger partial charge is 0.125 e. The molecule has 2 aromatic carbocycles. The van der Waals surface area contributed by atoms with E-state index in [1.807, 2.05) is 29.5 Å². The van der Waals surface area contributed by atoms with Crippen LogP contribution in [0.2, 0.25) is 0 Å². The zero-order chi connectivity index (χ0) is 19.0. The van der Waals surface area contributed by atoms with Crippen molar-refractivity contribution in [1.29, 1.82) is 0 Å². The Morgan fingerprint density at radius 3 is 2.36 bits per heavy atom. The fourth-order valence-electron chi connectivity index (χ4n) is 2.82. The molecule has 0 fully saturated rings. The zero-order valence-electron chi connectivity index (χ0n) is 15.1. The number of nitrogens with zero attached hydrogens (tertiary/aromatic N) is 4. The summed E-state index contributed by atoms with van der Waals surface area (Å²) in [5, 5.41) is 1.33. The van der Waals surface area contributed by atoms with E-state index < -0.39 is 0 Å². The lowest BCUT2D eigenvalue weighted by molar-refractivity contribution is 0.456. The molecule has 1 aliphatic heterocycles. The van der Waals surface area contributed by atoms with Gasteiger partial charge in [-0.15, -0.1) is 0 Å². The maximum atomic E-state index is 4.61. The maximum Gasteiger partial charge on any atom is 0.125 e. The molecule has 8 heteroatoms. The van der Waals surface area contributed by atoms with Crippen LogP contribution in [-0.2, 0) is 13.1 Å². The molecule has 1 aromatic heterocycles. The Morgan fingerprint density at radius 1 is 0.893 bits per heavy atom. The Kier molecular flexibility index (Phi) is 7.32. The fraction of sp³-hybridized carbons (Fsp3) is 0.200. The van der Waals surface area contributed by atoms with Crippen molar-refractivity contribution in [2.24, 2.45) is 4.99 Å². The molecule has 1 aliphatic rings. The van der Waals surface area contributed by atoms with Gasteiger partial charge in [-0.25, -0.2) is 4.98 Å². The van der Waals surface area contributed by atoms with Crippen molar-refractivity contribution in [3.63, 3.8) is 0 Å². The topological polar surface area (TPSA) is 33.4 Å². The highest BCUT2D eigenvalue weighted by Crippen LogP contribution is 2.48. The van der Waals surface area contributed by atoms with Crippen molar-refractivity contribution in [2.45, 2.75) is 23.5 Å². The third kappa shape index (κ3) is 6.01. The van der Waals surface area contributed by atoms with Crippen LogP contribution in [0, 0.1) is 0 Å². The van der Waals surface area contributed by atoms with E-state index in [1.165, 1.54) is 11.1 Å². The molecule has 4 nitrogen and oxygen atoms in total. The number of hydrogen-bond donors (Lipinski definition) is 0. The highest BCUT2D eigenvalue weighted by atomic mass is 33.7. The molecule has 1 unspecified atom stereocenters. The molecule has 1 atom stereocenters. The van der Waals surface area contributed by atoms with E-state index in [0.29, 0.717) is 0 Å². The van der Waals surface area contributed by atoms with Crippen molar-refractivity contribution in [3.8, 4) is 0 Å². The van der Waals surface area contributed by atoms with E-state index in [-0.39, 0.29) is 5.37 Å². The molecule has 0 amide bonds. The Morgan fingerprint density at radius 2 is 1.61 bits per heavy atom. The second kappa shape index (κ2) is 10.3. The van der Waals surface area contributed by atoms with E-state index in [0.717, 1.165) is 24.7 Å². The van der Waals surface area contributed by atoms with E-state index in [2.05, 4.69) is 80.2 Å². The molecule has 0 spiro atoms. The van der Waals surface area contributed by atoms with Crippen molar-refractivity contribution >= 4 is 47.6 Å². The molecule has 28 heavy (non-hydrogen) atoms. The molecule has 2 heterocycles. The summed E-state index contributed by atoms with van der Waals surface area (Å²) >= 11 is 0. The van der Waals surface area contributed by atoms with Gasteiger partial charge in [0.25, 0.3) is 0 Å². The number of rotatable bonds is 9. The Labute approximate surface area is 180 Å². The molecule has 3 aromatic rings. The van der Waals surface area contributed by atoms with E-state index in [9.17, 15) is 0 Å². The standard InChI is InChI=1S/C20H20N4S4/c1-3-7-17(8-4-1)11-23-13-19(21-15-23)25-27-28-26-20-14-24(16-22-20)12-18-9-5-2-6-10-18/h1-10,13,15-16,20H,11-12,14H2. The van der Waals surface area contributed by atoms with Crippen LogP contribution in [0.15, 0.2) is 83.2 Å². The fourth-order valence-corrected chi connectivity index (χ4v) is 8.51. The van der Waals surface area contributed by atoms with Crippen LogP contribution in [0.3, 0.4) is 0 Å². The van der Waals surface area contributed by atoms with Crippen LogP contribution in [0.25, 0.3) is 0 Å². The number of hydrogen-bond acceptors (Lipinski definition) is 7. The van der Waals surface area contributed by atoms with E-state index >= 15 is 0 Å². The molecule has 0 aliphatic carbocycles. The average molecular weight is 445 g/mol. The van der Waals surface area contributed by atoms with Crippen LogP contribution in [0.1, 0.15) is 11.1 Å². The summed E-state index contributed by atoms with van der Waals surface area (Å²) in [5.74, 6) is 0. The first kappa shape index (κ1) is 19.8. The van der Waals surface area contributed by atoms with Crippen LogP contribution < -0.4 is 0 Å². The molecule has 0 saturated heterocycles. The van der Waals surface area contributed by atoms with Gasteiger partial charge in [-0.3, -0.25) is 4.99 Å². The number of aliphatic imine (C=N–C) groups is 1. The van der Waals surface area contributed by atoms with Crippen LogP contribution >= 0.6 is 41.2 Å². The lowest BCUT2D eigenvalue weighted by Gasteiger charge is -2.15. The Bertz CT molecular complexity index is 885. The molecule has 0 bridgehead atoms. The van der Waals surface area contributed by atoms with E-state index in [1.54, 1.807) is 30.4 Å². The summed E-state index contributed by atoms with van der Waals surface area (Å²) in [5.41, 5.74) is 2.61. The van der Waals surface area contributed by atoms with Gasteiger partial charge in [0.15, 0.2) is 0 Å². The number of benzene rings is 2. The van der Waals surface area contributed by atoms with Gasteiger partial charge in [-0.1, -0.05) is 71.5 Å². The minimum absolute atomic E-state index is 0.289. The SMILES string of the molecule is C1=NC(SSSSc2cn(Cc3ccccc3)cn2)CN1Cc1ccccc1. The van der Waals surface area contributed by atoms with Gasteiger partial charge >= 0.3 is 0 Å². The van der Waals surface area contributed by atoms with Gasteiger partial charge in [0.1, 0.15) is 10.4 Å². The molecular weight excluding hydrogens is 425 g/mol. The van der Waals surface area contributed by atoms with Gasteiger partial charge < -0.3 is 9.47 Å². The normalized spacial score (nSPS) is 16.0. The summed E-state index contributed by atoms with van der Waals surface area (Å²) < 4.78 is 2.12. The molecule has 4 rings (SSSR count). The highest BCUT2D eigenvalue weighted by molar-refractivity contribution is 9.26. The van der Waals surface area contributed by atoms with Gasteiger partial charge in [-0.05, 0) is 41.6 Å². The molecule has 144 valence electrons. The quantitative estimate of drug-likeness (QED) is 0.305.